The summed E-state index contributed by atoms with van der Waals surface area (Å²) in [6.07, 6.45) is -9.12. The van der Waals surface area contributed by atoms with Crippen LogP contribution >= 0.6 is 0 Å². The number of carboxylic acid groups (broad SMARTS) is 1. The van der Waals surface area contributed by atoms with Crippen LogP contribution < -0.4 is 33.9 Å². The van der Waals surface area contributed by atoms with Crippen LogP contribution in [0.2, 0.25) is 0 Å². The molecule has 3 aromatic rings. The molecule has 0 spiro atoms. The normalized spacial score (nSPS) is 25.3. The summed E-state index contributed by atoms with van der Waals surface area (Å²) in [4.78, 5) is 69.8. The van der Waals surface area contributed by atoms with Gasteiger partial charge in [-0.1, -0.05) is 36.4 Å². The summed E-state index contributed by atoms with van der Waals surface area (Å²) in [5.41, 5.74) is 2.65. The Bertz CT molecular complexity index is 2500. The van der Waals surface area contributed by atoms with Crippen LogP contribution in [0.5, 0.6) is 28.7 Å². The molecule has 5 heterocycles. The highest BCUT2D eigenvalue weighted by molar-refractivity contribution is 6.11. The van der Waals surface area contributed by atoms with Crippen LogP contribution in [0.3, 0.4) is 0 Å². The van der Waals surface area contributed by atoms with Crippen LogP contribution in [0.25, 0.3) is 0 Å². The van der Waals surface area contributed by atoms with Crippen LogP contribution in [0.15, 0.2) is 72.8 Å². The molecule has 5 aliphatic rings. The van der Waals surface area contributed by atoms with E-state index >= 15 is 0 Å². The minimum Gasteiger partial charge on any atom is -0.493 e. The fraction of sp³-hybridized carbons (Fsp3) is 0.426. The highest BCUT2D eigenvalue weighted by Crippen LogP contribution is 2.43. The largest absolute Gasteiger partial charge is 0.493 e. The molecule has 4 amide bonds. The summed E-state index contributed by atoms with van der Waals surface area (Å²) in [6.45, 7) is 8.57. The number of aliphatic carboxylic acids is 1. The number of amides is 4. The van der Waals surface area contributed by atoms with Gasteiger partial charge in [-0.05, 0) is 61.9 Å². The zero-order chi connectivity index (χ0) is 48.6. The third kappa shape index (κ3) is 9.34. The monoisotopic (exact) mass is 944 g/mol. The molecule has 21 heteroatoms. The lowest BCUT2D eigenvalue weighted by Gasteiger charge is -2.38. The molecule has 5 aliphatic heterocycles. The highest BCUT2D eigenvalue weighted by atomic mass is 16.7. The zero-order valence-electron chi connectivity index (χ0n) is 37.2. The number of ether oxygens (including phenoxy) is 7. The quantitative estimate of drug-likeness (QED) is 0.0944. The molecule has 0 radical (unpaired) electrons. The number of rotatable bonds is 15. The fourth-order valence-electron chi connectivity index (χ4n) is 8.82. The van der Waals surface area contributed by atoms with Crippen molar-refractivity contribution in [2.45, 2.75) is 87.7 Å². The summed E-state index contributed by atoms with van der Waals surface area (Å²) >= 11 is 0. The molecule has 21 nitrogen and oxygen atoms in total. The van der Waals surface area contributed by atoms with Crippen molar-refractivity contribution in [2.24, 2.45) is 0 Å². The second kappa shape index (κ2) is 19.7. The van der Waals surface area contributed by atoms with Crippen LogP contribution in [0, 0.1) is 0 Å². The predicted molar refractivity (Wildman–Crippen MR) is 237 cm³/mol. The van der Waals surface area contributed by atoms with Gasteiger partial charge in [0.15, 0.2) is 35.3 Å². The first kappa shape index (κ1) is 47.6. The first-order valence-electron chi connectivity index (χ1n) is 21.9. The number of fused-ring (bicyclic) bond motifs is 4. The molecular formula is C47H52N4O17. The second-order valence-corrected chi connectivity index (χ2v) is 17.0. The van der Waals surface area contributed by atoms with Gasteiger partial charge in [0.2, 0.25) is 12.2 Å². The number of carbonyl (C=O) groups excluding carboxylic acids is 4. The molecule has 68 heavy (non-hydrogen) atoms. The number of aliphatic hydroxyl groups excluding tert-OH is 4. The SMILES string of the molecule is C=C1C[C@H]2C(=O)Nc3cc(OCCCCCOc4cc5c(cc4OC)C(=O)N4CC(=C)C[C@H]4C(O)N5C(=O)OCc4ccc(O[C@@H]5O[C@H](C(=O)O)[C@@H](O)[C@H](O)[C@H]5O)cc4)c(OC)cc3C(=O)N2C1. The van der Waals surface area contributed by atoms with Gasteiger partial charge in [0, 0.05) is 25.2 Å². The summed E-state index contributed by atoms with van der Waals surface area (Å²) in [5.74, 6) is -1.42. The third-order valence-electron chi connectivity index (χ3n) is 12.4. The highest BCUT2D eigenvalue weighted by Gasteiger charge is 2.49. The predicted octanol–water partition coefficient (Wildman–Crippen LogP) is 2.57. The molecule has 0 aromatic heterocycles. The Labute approximate surface area is 389 Å². The van der Waals surface area contributed by atoms with Crippen molar-refractivity contribution in [1.82, 2.24) is 9.80 Å². The summed E-state index contributed by atoms with van der Waals surface area (Å²) in [7, 11) is 2.88. The molecule has 362 valence electrons. The topological polar surface area (TPSA) is 273 Å². The maximum Gasteiger partial charge on any atom is 0.416 e. The minimum atomic E-state index is -1.89. The number of unbranched alkanes of at least 4 members (excludes halogenated alkanes) is 2. The van der Waals surface area contributed by atoms with Gasteiger partial charge >= 0.3 is 12.1 Å². The van der Waals surface area contributed by atoms with E-state index in [9.17, 15) is 49.5 Å². The summed E-state index contributed by atoms with van der Waals surface area (Å²) in [5, 5.41) is 54.4. The number of benzene rings is 3. The van der Waals surface area contributed by atoms with E-state index in [2.05, 4.69) is 18.5 Å². The number of aliphatic hydroxyl groups is 4. The van der Waals surface area contributed by atoms with E-state index in [0.29, 0.717) is 66.1 Å². The van der Waals surface area contributed by atoms with E-state index in [1.165, 1.54) is 60.4 Å². The van der Waals surface area contributed by atoms with E-state index in [-0.39, 0.29) is 73.1 Å². The third-order valence-corrected chi connectivity index (χ3v) is 12.4. The van der Waals surface area contributed by atoms with E-state index in [1.807, 2.05) is 0 Å². The second-order valence-electron chi connectivity index (χ2n) is 17.0. The number of hydrogen-bond acceptors (Lipinski definition) is 16. The minimum absolute atomic E-state index is 0.0249. The lowest BCUT2D eigenvalue weighted by atomic mass is 9.99. The summed E-state index contributed by atoms with van der Waals surface area (Å²) < 4.78 is 39.8. The Morgan fingerprint density at radius 2 is 1.38 bits per heavy atom. The smallest absolute Gasteiger partial charge is 0.416 e. The lowest BCUT2D eigenvalue weighted by molar-refractivity contribution is -0.271. The van der Waals surface area contributed by atoms with Gasteiger partial charge in [-0.2, -0.15) is 0 Å². The van der Waals surface area contributed by atoms with E-state index in [1.54, 1.807) is 12.1 Å². The van der Waals surface area contributed by atoms with Crippen molar-refractivity contribution >= 4 is 41.2 Å². The zero-order valence-corrected chi connectivity index (χ0v) is 37.2. The number of carboxylic acids is 1. The average Bonchev–Trinajstić information content (AvgIpc) is 3.88. The Morgan fingerprint density at radius 3 is 2.04 bits per heavy atom. The Balaban J connectivity index is 0.904. The Hall–Kier alpha value is -6.91. The first-order valence-corrected chi connectivity index (χ1v) is 21.9. The molecule has 8 rings (SSSR count). The van der Waals surface area contributed by atoms with E-state index in [0.717, 1.165) is 10.5 Å². The van der Waals surface area contributed by atoms with Gasteiger partial charge in [-0.15, -0.1) is 0 Å². The molecule has 1 unspecified atom stereocenters. The number of methoxy groups -OCH3 is 2. The maximum atomic E-state index is 14.0. The molecule has 0 aliphatic carbocycles. The van der Waals surface area contributed by atoms with Crippen LogP contribution in [0.4, 0.5) is 16.2 Å². The number of anilines is 2. The van der Waals surface area contributed by atoms with Gasteiger partial charge in [0.1, 0.15) is 36.7 Å². The fourth-order valence-corrected chi connectivity index (χ4v) is 8.82. The number of carbonyl (C=O) groups is 5. The van der Waals surface area contributed by atoms with Gasteiger partial charge < -0.3 is 73.8 Å². The van der Waals surface area contributed by atoms with Gasteiger partial charge in [0.25, 0.3) is 11.8 Å². The van der Waals surface area contributed by atoms with Gasteiger partial charge in [-0.3, -0.25) is 14.4 Å². The number of hydrogen-bond donors (Lipinski definition) is 6. The summed E-state index contributed by atoms with van der Waals surface area (Å²) in [6, 6.07) is 10.4. The molecule has 3 saturated heterocycles. The first-order chi connectivity index (χ1) is 32.6. The van der Waals surface area contributed by atoms with Crippen molar-refractivity contribution in [2.75, 3.05) is 50.7 Å². The average molecular weight is 945 g/mol. The van der Waals surface area contributed by atoms with Crippen molar-refractivity contribution in [3.05, 3.63) is 89.5 Å². The molecule has 0 bridgehead atoms. The van der Waals surface area contributed by atoms with E-state index < -0.39 is 67.0 Å². The molecule has 8 atom stereocenters. The standard InChI is InChI=1S/C47H52N4O17/c1-23-14-31-41(55)48-29-18-35(33(62-3)16-27(29)42(56)49(31)20-23)64-12-6-5-7-13-65-36-19-30-28(17-34(36)63-4)43(57)50-21-24(2)15-32(50)44(58)51(30)47(61)66-22-25-8-10-26(11-9-25)67-46-39(54)37(52)38(53)40(68-46)45(59)60/h8-11,16-19,31-32,37-40,44,46,52-54,58H,1-2,5-7,12-15,20-22H2,3-4H3,(H,48,55)(H,59,60)/t31-,32-,37-,38-,39+,40-,44?,46+/m0/s1. The molecule has 6 N–H and O–H groups in total. The van der Waals surface area contributed by atoms with Crippen molar-refractivity contribution < 1.29 is 82.7 Å². The van der Waals surface area contributed by atoms with Crippen molar-refractivity contribution in [3.8, 4) is 28.7 Å². The molecule has 3 fully saturated rings. The van der Waals surface area contributed by atoms with E-state index in [4.69, 9.17) is 33.2 Å². The Morgan fingerprint density at radius 1 is 0.765 bits per heavy atom. The number of nitrogens with one attached hydrogen (secondary N) is 1. The number of nitrogens with zero attached hydrogens (tertiary/aromatic N) is 3. The molecule has 0 saturated carbocycles. The Kier molecular flexibility index (Phi) is 13.8. The maximum absolute atomic E-state index is 14.0. The van der Waals surface area contributed by atoms with Crippen LogP contribution in [-0.4, -0.2) is 155 Å². The van der Waals surface area contributed by atoms with Crippen molar-refractivity contribution in [3.63, 3.8) is 0 Å². The molecular weight excluding hydrogens is 893 g/mol. The molecule has 3 aromatic carbocycles. The van der Waals surface area contributed by atoms with Crippen LogP contribution in [-0.2, 0) is 25.7 Å². The van der Waals surface area contributed by atoms with Crippen LogP contribution in [0.1, 0.15) is 58.4 Å². The van der Waals surface area contributed by atoms with Gasteiger partial charge in [0.05, 0.1) is 56.0 Å². The lowest BCUT2D eigenvalue weighted by Crippen LogP contribution is -2.61. The van der Waals surface area contributed by atoms with Crippen molar-refractivity contribution in [1.29, 1.82) is 0 Å². The van der Waals surface area contributed by atoms with Gasteiger partial charge in [-0.25, -0.2) is 14.5 Å².